The largest absolute Gasteiger partial charge is 0.464 e. The molecule has 0 fully saturated rings. The number of nitrogens with one attached hydrogen (secondary N) is 1. The second-order valence-electron chi connectivity index (χ2n) is 3.92. The lowest BCUT2D eigenvalue weighted by molar-refractivity contribution is 0.312. The molecule has 0 spiro atoms. The van der Waals surface area contributed by atoms with E-state index in [1.807, 2.05) is 30.8 Å². The summed E-state index contributed by atoms with van der Waals surface area (Å²) in [5.41, 5.74) is 0. The molecule has 8 heteroatoms. The van der Waals surface area contributed by atoms with E-state index in [1.54, 1.807) is 6.20 Å². The molecule has 0 saturated carbocycles. The highest BCUT2D eigenvalue weighted by Crippen LogP contribution is 2.12. The molecule has 2 rings (SSSR count). The molecule has 7 nitrogen and oxygen atoms in total. The lowest BCUT2D eigenvalue weighted by Crippen LogP contribution is -2.23. The topological polar surface area (TPSA) is 77.8 Å². The van der Waals surface area contributed by atoms with E-state index in [-0.39, 0.29) is 17.3 Å². The third kappa shape index (κ3) is 4.06. The van der Waals surface area contributed by atoms with Gasteiger partial charge in [-0.25, -0.2) is 0 Å². The van der Waals surface area contributed by atoms with Gasteiger partial charge in [0.05, 0.1) is 13.2 Å². The fraction of sp³-hybridized carbons (Fsp3) is 0.455. The molecule has 0 aliphatic rings. The molecule has 2 aromatic rings. The van der Waals surface area contributed by atoms with Gasteiger partial charge in [0.1, 0.15) is 0 Å². The Morgan fingerprint density at radius 1 is 1.42 bits per heavy atom. The molecule has 1 N–H and O–H groups in total. The minimum Gasteiger partial charge on any atom is -0.464 e. The Hall–Kier alpha value is -1.89. The van der Waals surface area contributed by atoms with Crippen LogP contribution in [-0.4, -0.2) is 37.4 Å². The van der Waals surface area contributed by atoms with Crippen molar-refractivity contribution in [1.29, 1.82) is 0 Å². The standard InChI is InChI=1S/C11H15ClN6O/c1-3-19-11-16-9(12)15-10(17-11)14-8(2)7-18-6-4-5-13-18/h4-6,8H,3,7H2,1-2H3,(H,14,15,16,17). The van der Waals surface area contributed by atoms with Crippen molar-refractivity contribution >= 4 is 17.5 Å². The molecular formula is C11H15ClN6O. The van der Waals surface area contributed by atoms with E-state index < -0.39 is 0 Å². The summed E-state index contributed by atoms with van der Waals surface area (Å²) in [7, 11) is 0. The van der Waals surface area contributed by atoms with Gasteiger partial charge in [-0.15, -0.1) is 0 Å². The Morgan fingerprint density at radius 2 is 2.26 bits per heavy atom. The van der Waals surface area contributed by atoms with Gasteiger partial charge in [-0.3, -0.25) is 4.68 Å². The van der Waals surface area contributed by atoms with Crippen LogP contribution >= 0.6 is 11.6 Å². The summed E-state index contributed by atoms with van der Waals surface area (Å²) in [6, 6.07) is 2.18. The first-order chi connectivity index (χ1) is 9.17. The third-order valence-electron chi connectivity index (χ3n) is 2.26. The highest BCUT2D eigenvalue weighted by Gasteiger charge is 2.09. The maximum atomic E-state index is 5.81. The number of halogens is 1. The van der Waals surface area contributed by atoms with E-state index >= 15 is 0 Å². The first kappa shape index (κ1) is 13.5. The average molecular weight is 283 g/mol. The number of nitrogens with zero attached hydrogens (tertiary/aromatic N) is 5. The van der Waals surface area contributed by atoms with E-state index in [0.717, 1.165) is 0 Å². The fourth-order valence-corrected chi connectivity index (χ4v) is 1.70. The lowest BCUT2D eigenvalue weighted by atomic mass is 10.3. The second kappa shape index (κ2) is 6.33. The zero-order chi connectivity index (χ0) is 13.7. The van der Waals surface area contributed by atoms with Gasteiger partial charge in [-0.2, -0.15) is 20.1 Å². The van der Waals surface area contributed by atoms with E-state index in [4.69, 9.17) is 16.3 Å². The van der Waals surface area contributed by atoms with Crippen LogP contribution < -0.4 is 10.1 Å². The van der Waals surface area contributed by atoms with Gasteiger partial charge in [0.15, 0.2) is 0 Å². The van der Waals surface area contributed by atoms with Crippen LogP contribution in [0.25, 0.3) is 0 Å². The van der Waals surface area contributed by atoms with Gasteiger partial charge in [0, 0.05) is 18.4 Å². The summed E-state index contributed by atoms with van der Waals surface area (Å²) in [4.78, 5) is 12.0. The zero-order valence-electron chi connectivity index (χ0n) is 10.7. The summed E-state index contributed by atoms with van der Waals surface area (Å²) < 4.78 is 7.03. The van der Waals surface area contributed by atoms with Gasteiger partial charge in [0.25, 0.3) is 0 Å². The Labute approximate surface area is 116 Å². The molecule has 2 heterocycles. The Kier molecular flexibility index (Phi) is 4.51. The van der Waals surface area contributed by atoms with Crippen LogP contribution in [0.4, 0.5) is 5.95 Å². The smallest absolute Gasteiger partial charge is 0.322 e. The van der Waals surface area contributed by atoms with Crippen LogP contribution in [0.3, 0.4) is 0 Å². The minimum atomic E-state index is 0.0906. The molecule has 0 aliphatic carbocycles. The monoisotopic (exact) mass is 282 g/mol. The van der Waals surface area contributed by atoms with E-state index in [2.05, 4.69) is 25.4 Å². The highest BCUT2D eigenvalue weighted by atomic mass is 35.5. The molecule has 19 heavy (non-hydrogen) atoms. The van der Waals surface area contributed by atoms with Crippen molar-refractivity contribution in [3.05, 3.63) is 23.7 Å². The Balaban J connectivity index is 2.01. The molecule has 0 radical (unpaired) electrons. The normalized spacial score (nSPS) is 12.2. The third-order valence-corrected chi connectivity index (χ3v) is 2.43. The molecule has 0 aromatic carbocycles. The second-order valence-corrected chi connectivity index (χ2v) is 4.26. The molecular weight excluding hydrogens is 268 g/mol. The van der Waals surface area contributed by atoms with E-state index in [1.165, 1.54) is 0 Å². The lowest BCUT2D eigenvalue weighted by Gasteiger charge is -2.14. The van der Waals surface area contributed by atoms with Crippen LogP contribution in [0, 0.1) is 0 Å². The zero-order valence-corrected chi connectivity index (χ0v) is 11.5. The summed E-state index contributed by atoms with van der Waals surface area (Å²) in [5.74, 6) is 0.392. The van der Waals surface area contributed by atoms with Gasteiger partial charge in [0.2, 0.25) is 11.2 Å². The Morgan fingerprint density at radius 3 is 2.95 bits per heavy atom. The van der Waals surface area contributed by atoms with Crippen molar-refractivity contribution in [3.8, 4) is 6.01 Å². The fourth-order valence-electron chi connectivity index (χ4n) is 1.55. The molecule has 0 amide bonds. The molecule has 1 atom stereocenters. The Bertz CT molecular complexity index is 518. The number of ether oxygens (including phenoxy) is 1. The summed E-state index contributed by atoms with van der Waals surface area (Å²) >= 11 is 5.81. The van der Waals surface area contributed by atoms with Crippen LogP contribution in [-0.2, 0) is 6.54 Å². The summed E-state index contributed by atoms with van der Waals surface area (Å²) in [5, 5.41) is 7.37. The molecule has 0 bridgehead atoms. The number of aromatic nitrogens is 5. The van der Waals surface area contributed by atoms with E-state index in [0.29, 0.717) is 19.1 Å². The predicted molar refractivity (Wildman–Crippen MR) is 71.3 cm³/mol. The van der Waals surface area contributed by atoms with Gasteiger partial charge in [-0.1, -0.05) is 0 Å². The van der Waals surface area contributed by atoms with Crippen LogP contribution in [0.1, 0.15) is 13.8 Å². The van der Waals surface area contributed by atoms with Gasteiger partial charge < -0.3 is 10.1 Å². The maximum absolute atomic E-state index is 5.81. The van der Waals surface area contributed by atoms with Crippen LogP contribution in [0.2, 0.25) is 5.28 Å². The first-order valence-corrected chi connectivity index (χ1v) is 6.33. The number of hydrogen-bond donors (Lipinski definition) is 1. The summed E-state index contributed by atoms with van der Waals surface area (Å²) in [6.45, 7) is 5.02. The first-order valence-electron chi connectivity index (χ1n) is 5.95. The molecule has 0 saturated heterocycles. The van der Waals surface area contributed by atoms with Crippen molar-refractivity contribution in [3.63, 3.8) is 0 Å². The maximum Gasteiger partial charge on any atom is 0.322 e. The van der Waals surface area contributed by atoms with Gasteiger partial charge >= 0.3 is 6.01 Å². The number of rotatable bonds is 6. The molecule has 0 aliphatic heterocycles. The van der Waals surface area contributed by atoms with Crippen LogP contribution in [0.15, 0.2) is 18.5 Å². The minimum absolute atomic E-state index is 0.0906. The molecule has 1 unspecified atom stereocenters. The van der Waals surface area contributed by atoms with Crippen LogP contribution in [0.5, 0.6) is 6.01 Å². The van der Waals surface area contributed by atoms with Crippen molar-refractivity contribution < 1.29 is 4.74 Å². The SMILES string of the molecule is CCOc1nc(Cl)nc(NC(C)Cn2cccn2)n1. The summed E-state index contributed by atoms with van der Waals surface area (Å²) in [6.07, 6.45) is 3.63. The van der Waals surface area contributed by atoms with Crippen molar-refractivity contribution in [2.75, 3.05) is 11.9 Å². The van der Waals surface area contributed by atoms with Crippen molar-refractivity contribution in [2.24, 2.45) is 0 Å². The van der Waals surface area contributed by atoms with E-state index in [9.17, 15) is 0 Å². The number of hydrogen-bond acceptors (Lipinski definition) is 6. The molecule has 2 aromatic heterocycles. The van der Waals surface area contributed by atoms with Gasteiger partial charge in [-0.05, 0) is 31.5 Å². The quantitative estimate of drug-likeness (QED) is 0.867. The van der Waals surface area contributed by atoms with Crippen molar-refractivity contribution in [1.82, 2.24) is 24.7 Å². The predicted octanol–water partition coefficient (Wildman–Crippen LogP) is 1.62. The molecule has 102 valence electrons. The van der Waals surface area contributed by atoms with Crippen molar-refractivity contribution in [2.45, 2.75) is 26.4 Å². The average Bonchev–Trinajstić information content (AvgIpc) is 2.81. The highest BCUT2D eigenvalue weighted by molar-refractivity contribution is 6.28. The number of anilines is 1.